The fraction of sp³-hybridized carbons (Fsp3) is 0.321. The minimum Gasteiger partial charge on any atom is -0.391 e. The van der Waals surface area contributed by atoms with E-state index in [9.17, 15) is 0 Å². The van der Waals surface area contributed by atoms with Crippen LogP contribution < -0.4 is 11.1 Å². The molecule has 1 aliphatic carbocycles. The monoisotopic (exact) mass is 484 g/mol. The lowest BCUT2D eigenvalue weighted by atomic mass is 9.96. The summed E-state index contributed by atoms with van der Waals surface area (Å²) in [4.78, 5) is 10.9. The van der Waals surface area contributed by atoms with Gasteiger partial charge in [-0.3, -0.25) is 0 Å². The number of anilines is 2. The Morgan fingerprint density at radius 1 is 1.09 bits per heavy atom. The number of nitrogens with one attached hydrogen (secondary N) is 1. The highest BCUT2D eigenvalue weighted by atomic mass is 32.1. The molecule has 1 fully saturated rings. The van der Waals surface area contributed by atoms with Crippen LogP contribution in [0.4, 0.5) is 10.8 Å². The number of hydrogen-bond acceptors (Lipinski definition) is 6. The van der Waals surface area contributed by atoms with Crippen molar-refractivity contribution in [1.29, 1.82) is 0 Å². The van der Waals surface area contributed by atoms with Crippen molar-refractivity contribution < 1.29 is 0 Å². The molecule has 3 heterocycles. The van der Waals surface area contributed by atoms with Gasteiger partial charge in [0.1, 0.15) is 5.82 Å². The second-order valence-electron chi connectivity index (χ2n) is 9.25. The van der Waals surface area contributed by atoms with Crippen molar-refractivity contribution >= 4 is 44.5 Å². The molecule has 0 unspecified atom stereocenters. The fourth-order valence-electron chi connectivity index (χ4n) is 4.76. The molecule has 3 N–H and O–H groups in total. The number of thiophene rings is 1. The number of rotatable bonds is 8. The van der Waals surface area contributed by atoms with Crippen LogP contribution in [0.1, 0.15) is 68.4 Å². The van der Waals surface area contributed by atoms with Crippen LogP contribution in [0.3, 0.4) is 0 Å². The lowest BCUT2D eigenvalue weighted by Crippen LogP contribution is -2.14. The van der Waals surface area contributed by atoms with E-state index < -0.39 is 0 Å². The molecular formula is C28H32N6S. The predicted molar refractivity (Wildman–Crippen MR) is 148 cm³/mol. The summed E-state index contributed by atoms with van der Waals surface area (Å²) in [6, 6.07) is 12.6. The normalized spacial score (nSPS) is 14.3. The Bertz CT molecular complexity index is 1360. The molecule has 6 nitrogen and oxygen atoms in total. The van der Waals surface area contributed by atoms with E-state index in [2.05, 4.69) is 54.3 Å². The first kappa shape index (κ1) is 23.3. The van der Waals surface area contributed by atoms with Crippen molar-refractivity contribution in [3.05, 3.63) is 66.2 Å². The summed E-state index contributed by atoms with van der Waals surface area (Å²) < 4.78 is 2.11. The van der Waals surface area contributed by atoms with Gasteiger partial charge in [0.05, 0.1) is 27.5 Å². The second-order valence-corrected chi connectivity index (χ2v) is 10.4. The summed E-state index contributed by atoms with van der Waals surface area (Å²) in [6.07, 6.45) is 9.98. The van der Waals surface area contributed by atoms with E-state index in [0.29, 0.717) is 17.7 Å². The Hall–Kier alpha value is -3.45. The van der Waals surface area contributed by atoms with Crippen molar-refractivity contribution in [3.8, 4) is 11.4 Å². The van der Waals surface area contributed by atoms with Gasteiger partial charge < -0.3 is 11.1 Å². The molecule has 35 heavy (non-hydrogen) atoms. The quantitative estimate of drug-likeness (QED) is 0.270. The smallest absolute Gasteiger partial charge is 0.164 e. The zero-order chi connectivity index (χ0) is 24.4. The average Bonchev–Trinajstić information content (AvgIpc) is 3.51. The number of aromatic nitrogens is 4. The van der Waals surface area contributed by atoms with Gasteiger partial charge in [0.25, 0.3) is 0 Å². The molecule has 7 heteroatoms. The summed E-state index contributed by atoms with van der Waals surface area (Å²) in [5, 5.41) is 9.86. The first-order valence-electron chi connectivity index (χ1n) is 12.4. The van der Waals surface area contributed by atoms with E-state index in [-0.39, 0.29) is 0 Å². The number of nitrogen functional groups attached to an aromatic ring is 1. The minimum absolute atomic E-state index is 0.372. The van der Waals surface area contributed by atoms with Gasteiger partial charge in [0.15, 0.2) is 11.5 Å². The lowest BCUT2D eigenvalue weighted by molar-refractivity contribution is 0.336. The predicted octanol–water partition coefficient (Wildman–Crippen LogP) is 7.54. The molecule has 0 bridgehead atoms. The van der Waals surface area contributed by atoms with Gasteiger partial charge in [-0.1, -0.05) is 70.0 Å². The molecule has 1 aromatic carbocycles. The third kappa shape index (κ3) is 4.86. The maximum absolute atomic E-state index is 5.94. The molecule has 1 saturated carbocycles. The number of fused-ring (bicyclic) bond motifs is 1. The molecule has 5 rings (SSSR count). The molecule has 0 atom stereocenters. The van der Waals surface area contributed by atoms with Crippen LogP contribution in [-0.2, 0) is 0 Å². The summed E-state index contributed by atoms with van der Waals surface area (Å²) in [7, 11) is 0. The third-order valence-electron chi connectivity index (χ3n) is 6.67. The molecule has 3 aromatic heterocycles. The van der Waals surface area contributed by atoms with E-state index >= 15 is 0 Å². The van der Waals surface area contributed by atoms with Crippen LogP contribution in [0.15, 0.2) is 55.8 Å². The molecule has 0 saturated heterocycles. The Balaban J connectivity index is 1.56. The van der Waals surface area contributed by atoms with Crippen molar-refractivity contribution in [2.24, 2.45) is 0 Å². The van der Waals surface area contributed by atoms with E-state index in [1.807, 2.05) is 18.3 Å². The number of allylic oxidation sites excluding steroid dienone is 1. The summed E-state index contributed by atoms with van der Waals surface area (Å²) in [5.41, 5.74) is 10.8. The van der Waals surface area contributed by atoms with Crippen LogP contribution >= 0.6 is 11.3 Å². The van der Waals surface area contributed by atoms with E-state index in [0.717, 1.165) is 69.0 Å². The molecular weight excluding hydrogens is 452 g/mol. The molecule has 4 aromatic rings. The Kier molecular flexibility index (Phi) is 6.68. The van der Waals surface area contributed by atoms with Gasteiger partial charge in [-0.15, -0.1) is 11.3 Å². The average molecular weight is 485 g/mol. The van der Waals surface area contributed by atoms with E-state index in [4.69, 9.17) is 20.8 Å². The van der Waals surface area contributed by atoms with Gasteiger partial charge in [-0.05, 0) is 42.5 Å². The van der Waals surface area contributed by atoms with Gasteiger partial charge >= 0.3 is 0 Å². The van der Waals surface area contributed by atoms with Crippen LogP contribution in [-0.4, -0.2) is 19.7 Å². The SMILES string of the molecule is C=C(CCC)c1ccc(-c2nc(NC(=C)c3ccc(N)s3)c3cnn(C4CCCCC4)c3n2)cc1. The third-order valence-corrected chi connectivity index (χ3v) is 7.65. The van der Waals surface area contributed by atoms with Gasteiger partial charge in [-0.2, -0.15) is 5.10 Å². The van der Waals surface area contributed by atoms with Crippen molar-refractivity contribution in [3.63, 3.8) is 0 Å². The highest BCUT2D eigenvalue weighted by Crippen LogP contribution is 2.34. The zero-order valence-corrected chi connectivity index (χ0v) is 21.1. The molecule has 0 aliphatic heterocycles. The molecule has 0 radical (unpaired) electrons. The topological polar surface area (TPSA) is 81.6 Å². The summed E-state index contributed by atoms with van der Waals surface area (Å²) >= 11 is 1.50. The number of nitrogens with two attached hydrogens (primary N) is 1. The first-order chi connectivity index (χ1) is 17.0. The highest BCUT2D eigenvalue weighted by Gasteiger charge is 2.22. The van der Waals surface area contributed by atoms with E-state index in [1.165, 1.54) is 30.6 Å². The van der Waals surface area contributed by atoms with Crippen LogP contribution in [0, 0.1) is 0 Å². The van der Waals surface area contributed by atoms with Crippen LogP contribution in [0.2, 0.25) is 0 Å². The molecule has 1 aliphatic rings. The Morgan fingerprint density at radius 2 is 1.86 bits per heavy atom. The maximum Gasteiger partial charge on any atom is 0.164 e. The largest absolute Gasteiger partial charge is 0.391 e. The van der Waals surface area contributed by atoms with Crippen molar-refractivity contribution in [2.75, 3.05) is 11.1 Å². The molecule has 0 spiro atoms. The van der Waals surface area contributed by atoms with Gasteiger partial charge in [-0.25, -0.2) is 14.6 Å². The second kappa shape index (κ2) is 10.0. The standard InChI is InChI=1S/C28H32N6S/c1-4-8-18(2)20-11-13-21(14-12-20)26-32-27(31-19(3)24-15-16-25(29)35-24)23-17-30-34(28(23)33-26)22-9-6-5-7-10-22/h11-17,22H,2-10,29H2,1H3,(H,31,32,33). The number of nitrogens with zero attached hydrogens (tertiary/aromatic N) is 4. The Morgan fingerprint density at radius 3 is 2.54 bits per heavy atom. The fourth-order valence-corrected chi connectivity index (χ4v) is 5.46. The molecule has 180 valence electrons. The Labute approximate surface area is 210 Å². The summed E-state index contributed by atoms with van der Waals surface area (Å²) in [6.45, 7) is 10.6. The maximum atomic E-state index is 5.94. The highest BCUT2D eigenvalue weighted by molar-refractivity contribution is 7.16. The van der Waals surface area contributed by atoms with Gasteiger partial charge in [0, 0.05) is 11.3 Å². The first-order valence-corrected chi connectivity index (χ1v) is 13.2. The number of hydrogen-bond donors (Lipinski definition) is 2. The number of benzene rings is 1. The van der Waals surface area contributed by atoms with E-state index in [1.54, 1.807) is 0 Å². The lowest BCUT2D eigenvalue weighted by Gasteiger charge is -2.22. The van der Waals surface area contributed by atoms with Crippen LogP contribution in [0.25, 0.3) is 33.7 Å². The zero-order valence-electron chi connectivity index (χ0n) is 20.3. The van der Waals surface area contributed by atoms with Gasteiger partial charge in [0.2, 0.25) is 0 Å². The van der Waals surface area contributed by atoms with Crippen molar-refractivity contribution in [2.45, 2.75) is 57.9 Å². The van der Waals surface area contributed by atoms with Crippen molar-refractivity contribution in [1.82, 2.24) is 19.7 Å². The summed E-state index contributed by atoms with van der Waals surface area (Å²) in [5.74, 6) is 1.38. The minimum atomic E-state index is 0.372. The molecule has 0 amide bonds. The van der Waals surface area contributed by atoms with Crippen LogP contribution in [0.5, 0.6) is 0 Å².